The van der Waals surface area contributed by atoms with Crippen LogP contribution in [-0.4, -0.2) is 19.1 Å². The zero-order valence-corrected chi connectivity index (χ0v) is 30.3. The van der Waals surface area contributed by atoms with Crippen LogP contribution in [-0.2, 0) is 0 Å². The van der Waals surface area contributed by atoms with Crippen LogP contribution in [0.15, 0.2) is 194 Å². The Morgan fingerprint density at radius 1 is 0.321 bits per heavy atom. The number of benzene rings is 9. The number of nitrogens with zero attached hydrogens (tertiary/aromatic N) is 4. The summed E-state index contributed by atoms with van der Waals surface area (Å²) in [5.41, 5.74) is 11.0. The number of hydrogen-bond donors (Lipinski definition) is 0. The standard InChI is InChI=1S/C52H32N4/c1-2-16-37(17-3-1)55-46-23-10-8-20-40(46)44-31-35(26-29-48(44)55)36-27-30-49-45(32-36)41-21-9-11-24-47(41)56(49)52-53-50-39-19-7-5-14-34(39)25-28-43(50)51(54-52)42-22-12-15-33-13-4-6-18-38(33)42/h1-32H. The van der Waals surface area contributed by atoms with Gasteiger partial charge in [0, 0.05) is 43.6 Å². The monoisotopic (exact) mass is 712 g/mol. The Morgan fingerprint density at radius 3 is 1.57 bits per heavy atom. The summed E-state index contributed by atoms with van der Waals surface area (Å²) in [6.45, 7) is 0. The summed E-state index contributed by atoms with van der Waals surface area (Å²) in [6.07, 6.45) is 0. The lowest BCUT2D eigenvalue weighted by molar-refractivity contribution is 1.02. The molecule has 0 bridgehead atoms. The van der Waals surface area contributed by atoms with Gasteiger partial charge < -0.3 is 4.57 Å². The van der Waals surface area contributed by atoms with Gasteiger partial charge in [0.15, 0.2) is 0 Å². The number of aromatic nitrogens is 4. The smallest absolute Gasteiger partial charge is 0.235 e. The Balaban J connectivity index is 1.10. The first kappa shape index (κ1) is 30.9. The van der Waals surface area contributed by atoms with Crippen molar-refractivity contribution in [2.45, 2.75) is 0 Å². The summed E-state index contributed by atoms with van der Waals surface area (Å²) in [5, 5.41) is 10.5. The molecule has 0 aliphatic rings. The SMILES string of the molecule is c1ccc(-n2c3ccccc3c3cc(-c4ccc5c(c4)c4ccccc4n5-c4nc(-c5cccc6ccccc56)c5ccc6ccccc6c5n4)ccc32)cc1. The summed E-state index contributed by atoms with van der Waals surface area (Å²) in [4.78, 5) is 10.9. The largest absolute Gasteiger partial charge is 0.309 e. The summed E-state index contributed by atoms with van der Waals surface area (Å²) >= 11 is 0. The van der Waals surface area contributed by atoms with Gasteiger partial charge in [-0.05, 0) is 81.9 Å². The maximum absolute atomic E-state index is 5.49. The molecule has 4 nitrogen and oxygen atoms in total. The molecule has 12 rings (SSSR count). The van der Waals surface area contributed by atoms with Crippen LogP contribution in [0, 0.1) is 0 Å². The lowest BCUT2D eigenvalue weighted by Gasteiger charge is -2.14. The molecule has 3 heterocycles. The predicted molar refractivity (Wildman–Crippen MR) is 234 cm³/mol. The molecule has 0 unspecified atom stereocenters. The van der Waals surface area contributed by atoms with E-state index in [1.807, 2.05) is 0 Å². The molecular formula is C52H32N4. The minimum Gasteiger partial charge on any atom is -0.309 e. The van der Waals surface area contributed by atoms with Crippen molar-refractivity contribution in [3.05, 3.63) is 194 Å². The van der Waals surface area contributed by atoms with Crippen molar-refractivity contribution in [2.75, 3.05) is 0 Å². The molecule has 0 aliphatic heterocycles. The minimum atomic E-state index is 0.658. The van der Waals surface area contributed by atoms with Gasteiger partial charge >= 0.3 is 0 Å². The van der Waals surface area contributed by atoms with E-state index in [0.717, 1.165) is 49.7 Å². The quantitative estimate of drug-likeness (QED) is 0.170. The zero-order chi connectivity index (χ0) is 36.7. The third kappa shape index (κ3) is 4.53. The summed E-state index contributed by atoms with van der Waals surface area (Å²) < 4.78 is 4.62. The molecular weight excluding hydrogens is 681 g/mol. The molecule has 56 heavy (non-hydrogen) atoms. The highest BCUT2D eigenvalue weighted by Crippen LogP contribution is 2.40. The van der Waals surface area contributed by atoms with Crippen LogP contribution in [0.25, 0.3) is 110 Å². The summed E-state index contributed by atoms with van der Waals surface area (Å²) in [5.74, 6) is 0.658. The van der Waals surface area contributed by atoms with Gasteiger partial charge in [-0.2, -0.15) is 0 Å². The van der Waals surface area contributed by atoms with Gasteiger partial charge in [-0.3, -0.25) is 4.57 Å². The number of hydrogen-bond acceptors (Lipinski definition) is 2. The van der Waals surface area contributed by atoms with Crippen molar-refractivity contribution in [1.82, 2.24) is 19.1 Å². The molecule has 3 aromatic heterocycles. The number of fused-ring (bicyclic) bond motifs is 10. The second-order valence-corrected chi connectivity index (χ2v) is 14.6. The highest BCUT2D eigenvalue weighted by Gasteiger charge is 2.20. The summed E-state index contributed by atoms with van der Waals surface area (Å²) in [6, 6.07) is 69.6. The van der Waals surface area contributed by atoms with Crippen molar-refractivity contribution in [3.63, 3.8) is 0 Å². The van der Waals surface area contributed by atoms with Crippen molar-refractivity contribution in [3.8, 4) is 34.0 Å². The van der Waals surface area contributed by atoms with Crippen molar-refractivity contribution < 1.29 is 0 Å². The lowest BCUT2D eigenvalue weighted by Crippen LogP contribution is -2.04. The van der Waals surface area contributed by atoms with Crippen LogP contribution in [0.5, 0.6) is 0 Å². The molecule has 260 valence electrons. The summed E-state index contributed by atoms with van der Waals surface area (Å²) in [7, 11) is 0. The maximum Gasteiger partial charge on any atom is 0.235 e. The Labute approximate surface area is 322 Å². The maximum atomic E-state index is 5.49. The van der Waals surface area contributed by atoms with Crippen LogP contribution in [0.2, 0.25) is 0 Å². The Kier molecular flexibility index (Phi) is 6.60. The van der Waals surface area contributed by atoms with E-state index < -0.39 is 0 Å². The number of rotatable bonds is 4. The molecule has 0 saturated heterocycles. The van der Waals surface area contributed by atoms with Gasteiger partial charge in [0.05, 0.1) is 33.3 Å². The van der Waals surface area contributed by atoms with Crippen LogP contribution < -0.4 is 0 Å². The normalized spacial score (nSPS) is 11.9. The number of para-hydroxylation sites is 3. The van der Waals surface area contributed by atoms with Crippen LogP contribution >= 0.6 is 0 Å². The average Bonchev–Trinajstić information content (AvgIpc) is 3.78. The molecule has 4 heteroatoms. The molecule has 0 fully saturated rings. The Bertz CT molecular complexity index is 3530. The van der Waals surface area contributed by atoms with Gasteiger partial charge in [0.1, 0.15) is 0 Å². The van der Waals surface area contributed by atoms with Crippen LogP contribution in [0.4, 0.5) is 0 Å². The predicted octanol–water partition coefficient (Wildman–Crippen LogP) is 13.5. The molecule has 12 aromatic rings. The Hall–Kier alpha value is -7.56. The molecule has 0 spiro atoms. The van der Waals surface area contributed by atoms with Gasteiger partial charge in [-0.1, -0.05) is 140 Å². The van der Waals surface area contributed by atoms with Gasteiger partial charge in [0.25, 0.3) is 0 Å². The van der Waals surface area contributed by atoms with Crippen molar-refractivity contribution in [2.24, 2.45) is 0 Å². The molecule has 0 saturated carbocycles. The first-order valence-electron chi connectivity index (χ1n) is 19.1. The fourth-order valence-corrected chi connectivity index (χ4v) is 8.96. The van der Waals surface area contributed by atoms with Gasteiger partial charge in [-0.25, -0.2) is 9.97 Å². The van der Waals surface area contributed by atoms with E-state index >= 15 is 0 Å². The first-order valence-corrected chi connectivity index (χ1v) is 19.1. The molecule has 0 aliphatic carbocycles. The highest BCUT2D eigenvalue weighted by atomic mass is 15.2. The molecule has 0 atom stereocenters. The second-order valence-electron chi connectivity index (χ2n) is 14.6. The molecule has 9 aromatic carbocycles. The fourth-order valence-electron chi connectivity index (χ4n) is 8.96. The zero-order valence-electron chi connectivity index (χ0n) is 30.3. The van der Waals surface area contributed by atoms with Crippen molar-refractivity contribution >= 4 is 76.1 Å². The topological polar surface area (TPSA) is 35.6 Å². The van der Waals surface area contributed by atoms with E-state index in [1.54, 1.807) is 0 Å². The van der Waals surface area contributed by atoms with Gasteiger partial charge in [0.2, 0.25) is 5.95 Å². The van der Waals surface area contributed by atoms with Gasteiger partial charge in [-0.15, -0.1) is 0 Å². The van der Waals surface area contributed by atoms with E-state index in [4.69, 9.17) is 9.97 Å². The second kappa shape index (κ2) is 12.0. The van der Waals surface area contributed by atoms with Crippen LogP contribution in [0.3, 0.4) is 0 Å². The van der Waals surface area contributed by atoms with Crippen LogP contribution in [0.1, 0.15) is 0 Å². The van der Waals surface area contributed by atoms with Crippen molar-refractivity contribution in [1.29, 1.82) is 0 Å². The van der Waals surface area contributed by atoms with E-state index in [-0.39, 0.29) is 0 Å². The van der Waals surface area contributed by atoms with E-state index in [0.29, 0.717) is 5.95 Å². The molecule has 0 N–H and O–H groups in total. The van der Waals surface area contributed by atoms with E-state index in [2.05, 4.69) is 203 Å². The minimum absolute atomic E-state index is 0.658. The van der Waals surface area contributed by atoms with E-state index in [9.17, 15) is 0 Å². The lowest BCUT2D eigenvalue weighted by atomic mass is 9.98. The average molecular weight is 713 g/mol. The molecule has 0 radical (unpaired) electrons. The fraction of sp³-hybridized carbons (Fsp3) is 0. The third-order valence-corrected chi connectivity index (χ3v) is 11.5. The Morgan fingerprint density at radius 2 is 0.857 bits per heavy atom. The highest BCUT2D eigenvalue weighted by molar-refractivity contribution is 6.14. The first-order chi connectivity index (χ1) is 27.8. The molecule has 0 amide bonds. The third-order valence-electron chi connectivity index (χ3n) is 11.5. The van der Waals surface area contributed by atoms with E-state index in [1.165, 1.54) is 54.5 Å².